The third-order valence-corrected chi connectivity index (χ3v) is 7.90. The van der Waals surface area contributed by atoms with E-state index in [0.717, 1.165) is 57.4 Å². The zero-order valence-electron chi connectivity index (χ0n) is 18.1. The summed E-state index contributed by atoms with van der Waals surface area (Å²) < 4.78 is 28.8. The summed E-state index contributed by atoms with van der Waals surface area (Å²) in [6, 6.07) is 11.5. The van der Waals surface area contributed by atoms with Gasteiger partial charge in [-0.05, 0) is 56.3 Å². The molecule has 168 valence electrons. The molecular weight excluding hydrogens is 412 g/mol. The number of hydrogen-bond acceptors (Lipinski definition) is 4. The first kappa shape index (κ1) is 22.0. The predicted molar refractivity (Wildman–Crippen MR) is 120 cm³/mol. The van der Waals surface area contributed by atoms with Crippen LogP contribution in [0.15, 0.2) is 47.5 Å². The number of piperidine rings is 1. The van der Waals surface area contributed by atoms with E-state index in [1.807, 2.05) is 18.2 Å². The van der Waals surface area contributed by atoms with Crippen molar-refractivity contribution in [3.8, 4) is 0 Å². The molecule has 2 aromatic rings. The van der Waals surface area contributed by atoms with E-state index in [2.05, 4.69) is 33.7 Å². The summed E-state index contributed by atoms with van der Waals surface area (Å²) in [5.41, 5.74) is 1.44. The second kappa shape index (κ2) is 9.54. The van der Waals surface area contributed by atoms with Crippen LogP contribution >= 0.6 is 0 Å². The first-order valence-electron chi connectivity index (χ1n) is 11.2. The lowest BCUT2D eigenvalue weighted by Crippen LogP contribution is -2.41. The Kier molecular flexibility index (Phi) is 6.79. The molecule has 2 fully saturated rings. The minimum atomic E-state index is -3.73. The maximum absolute atomic E-state index is 13.0. The van der Waals surface area contributed by atoms with Crippen molar-refractivity contribution >= 4 is 15.9 Å². The largest absolute Gasteiger partial charge is 0.356 e. The van der Waals surface area contributed by atoms with E-state index in [4.69, 9.17) is 0 Å². The molecule has 1 atom stereocenters. The number of carbonyl (C=O) groups excluding carboxylic acids is 1. The molecule has 0 spiro atoms. The van der Waals surface area contributed by atoms with Gasteiger partial charge in [0.1, 0.15) is 10.6 Å². The predicted octanol–water partition coefficient (Wildman–Crippen LogP) is 3.00. The highest BCUT2D eigenvalue weighted by Gasteiger charge is 2.28. The standard InChI is InChI=1S/C23H32N4O3S/c1-18-9-13-26(14-10-18)22(19-7-3-2-4-8-19)17-25-31(29,30)20-15-21(24-16-20)23(28)27-11-5-6-12-27/h2-4,7-8,15-16,18,22,24-25H,5-6,9-14,17H2,1H3. The molecule has 1 unspecified atom stereocenters. The number of aromatic nitrogens is 1. The van der Waals surface area contributed by atoms with Gasteiger partial charge in [-0.1, -0.05) is 37.3 Å². The zero-order valence-corrected chi connectivity index (χ0v) is 18.9. The first-order chi connectivity index (χ1) is 14.9. The third kappa shape index (κ3) is 5.19. The molecule has 0 saturated carbocycles. The molecule has 2 N–H and O–H groups in total. The summed E-state index contributed by atoms with van der Waals surface area (Å²) in [5.74, 6) is 0.569. The molecule has 1 aromatic carbocycles. The van der Waals surface area contributed by atoms with E-state index in [-0.39, 0.29) is 16.8 Å². The fraction of sp³-hybridized carbons (Fsp3) is 0.522. The number of nitrogens with zero attached hydrogens (tertiary/aromatic N) is 2. The maximum atomic E-state index is 13.0. The van der Waals surface area contributed by atoms with E-state index in [1.54, 1.807) is 4.90 Å². The molecule has 4 rings (SSSR count). The number of sulfonamides is 1. The van der Waals surface area contributed by atoms with Crippen molar-refractivity contribution in [2.24, 2.45) is 5.92 Å². The molecule has 8 heteroatoms. The number of rotatable bonds is 7. The number of hydrogen-bond donors (Lipinski definition) is 2. The van der Waals surface area contributed by atoms with Crippen molar-refractivity contribution < 1.29 is 13.2 Å². The van der Waals surface area contributed by atoms with Crippen molar-refractivity contribution in [2.45, 2.75) is 43.5 Å². The summed E-state index contributed by atoms with van der Waals surface area (Å²) in [7, 11) is -3.73. The quantitative estimate of drug-likeness (QED) is 0.688. The number of H-pyrrole nitrogens is 1. The Morgan fingerprint density at radius 3 is 2.48 bits per heavy atom. The van der Waals surface area contributed by atoms with Crippen LogP contribution in [-0.4, -0.2) is 61.8 Å². The van der Waals surface area contributed by atoms with Gasteiger partial charge in [-0.25, -0.2) is 13.1 Å². The molecule has 7 nitrogen and oxygen atoms in total. The molecule has 0 bridgehead atoms. The minimum Gasteiger partial charge on any atom is -0.356 e. The lowest BCUT2D eigenvalue weighted by atomic mass is 9.96. The van der Waals surface area contributed by atoms with E-state index in [9.17, 15) is 13.2 Å². The summed E-state index contributed by atoms with van der Waals surface area (Å²) in [5, 5.41) is 0. The highest BCUT2D eigenvalue weighted by molar-refractivity contribution is 7.89. The molecule has 2 aliphatic heterocycles. The van der Waals surface area contributed by atoms with Crippen molar-refractivity contribution in [3.05, 3.63) is 53.9 Å². The van der Waals surface area contributed by atoms with Gasteiger partial charge >= 0.3 is 0 Å². The van der Waals surface area contributed by atoms with Crippen LogP contribution in [0.1, 0.15) is 54.7 Å². The maximum Gasteiger partial charge on any atom is 0.270 e. The van der Waals surface area contributed by atoms with E-state index >= 15 is 0 Å². The number of likely N-dealkylation sites (tertiary alicyclic amines) is 2. The minimum absolute atomic E-state index is 0.0203. The molecule has 3 heterocycles. The summed E-state index contributed by atoms with van der Waals surface area (Å²) in [6.45, 7) is 5.94. The van der Waals surface area contributed by atoms with Crippen LogP contribution in [-0.2, 0) is 10.0 Å². The van der Waals surface area contributed by atoms with Gasteiger partial charge in [0.15, 0.2) is 0 Å². The summed E-state index contributed by atoms with van der Waals surface area (Å²) in [6.07, 6.45) is 5.64. The molecule has 1 aromatic heterocycles. The molecule has 1 amide bonds. The van der Waals surface area contributed by atoms with Crippen LogP contribution in [0.4, 0.5) is 0 Å². The van der Waals surface area contributed by atoms with Crippen LogP contribution in [0, 0.1) is 5.92 Å². The number of amides is 1. The monoisotopic (exact) mass is 444 g/mol. The topological polar surface area (TPSA) is 85.5 Å². The van der Waals surface area contributed by atoms with E-state index in [0.29, 0.717) is 18.2 Å². The third-order valence-electron chi connectivity index (χ3n) is 6.50. The van der Waals surface area contributed by atoms with Gasteiger partial charge < -0.3 is 9.88 Å². The zero-order chi connectivity index (χ0) is 21.8. The van der Waals surface area contributed by atoms with Gasteiger partial charge in [-0.15, -0.1) is 0 Å². The lowest BCUT2D eigenvalue weighted by molar-refractivity contribution is 0.0787. The Morgan fingerprint density at radius 2 is 1.81 bits per heavy atom. The van der Waals surface area contributed by atoms with Gasteiger partial charge in [0.05, 0.1) is 0 Å². The normalized spacial score (nSPS) is 19.6. The smallest absolute Gasteiger partial charge is 0.270 e. The Morgan fingerprint density at radius 1 is 1.13 bits per heavy atom. The van der Waals surface area contributed by atoms with Crippen molar-refractivity contribution in [1.82, 2.24) is 19.5 Å². The number of aromatic amines is 1. The van der Waals surface area contributed by atoms with E-state index in [1.165, 1.54) is 12.3 Å². The Hall–Kier alpha value is -2.16. The van der Waals surface area contributed by atoms with Crippen LogP contribution in [0.2, 0.25) is 0 Å². The average Bonchev–Trinajstić information content (AvgIpc) is 3.48. The highest BCUT2D eigenvalue weighted by Crippen LogP contribution is 2.27. The molecule has 31 heavy (non-hydrogen) atoms. The van der Waals surface area contributed by atoms with Gasteiger partial charge in [0.25, 0.3) is 5.91 Å². The molecule has 2 aliphatic rings. The van der Waals surface area contributed by atoms with Crippen molar-refractivity contribution in [2.75, 3.05) is 32.7 Å². The SMILES string of the molecule is CC1CCN(C(CNS(=O)(=O)c2c[nH]c(C(=O)N3CCCC3)c2)c2ccccc2)CC1. The highest BCUT2D eigenvalue weighted by atomic mass is 32.2. The van der Waals surface area contributed by atoms with Crippen LogP contribution in [0.5, 0.6) is 0 Å². The fourth-order valence-electron chi connectivity index (χ4n) is 4.49. The Balaban J connectivity index is 1.46. The van der Waals surface area contributed by atoms with Crippen LogP contribution in [0.3, 0.4) is 0 Å². The Labute approximate surface area is 184 Å². The van der Waals surface area contributed by atoms with Crippen molar-refractivity contribution in [3.63, 3.8) is 0 Å². The average molecular weight is 445 g/mol. The van der Waals surface area contributed by atoms with Crippen LogP contribution in [0.25, 0.3) is 0 Å². The van der Waals surface area contributed by atoms with Crippen LogP contribution < -0.4 is 4.72 Å². The van der Waals surface area contributed by atoms with E-state index < -0.39 is 10.0 Å². The lowest BCUT2D eigenvalue weighted by Gasteiger charge is -2.37. The molecular formula is C23H32N4O3S. The number of benzene rings is 1. The number of nitrogens with one attached hydrogen (secondary N) is 2. The van der Waals surface area contributed by atoms with Gasteiger partial charge in [0, 0.05) is 31.9 Å². The summed E-state index contributed by atoms with van der Waals surface area (Å²) >= 11 is 0. The van der Waals surface area contributed by atoms with Gasteiger partial charge in [-0.2, -0.15) is 0 Å². The second-order valence-corrected chi connectivity index (χ2v) is 10.5. The van der Waals surface area contributed by atoms with Gasteiger partial charge in [-0.3, -0.25) is 9.69 Å². The first-order valence-corrected chi connectivity index (χ1v) is 12.7. The molecule has 0 radical (unpaired) electrons. The molecule has 0 aliphatic carbocycles. The molecule has 2 saturated heterocycles. The fourth-order valence-corrected chi connectivity index (χ4v) is 5.52. The van der Waals surface area contributed by atoms with Gasteiger partial charge in [0.2, 0.25) is 10.0 Å². The van der Waals surface area contributed by atoms with Crippen molar-refractivity contribution in [1.29, 1.82) is 0 Å². The number of carbonyl (C=O) groups is 1. The second-order valence-electron chi connectivity index (χ2n) is 8.75. The Bertz CT molecular complexity index is 975. The summed E-state index contributed by atoms with van der Waals surface area (Å²) in [4.78, 5) is 19.6.